The van der Waals surface area contributed by atoms with Gasteiger partial charge in [-0.1, -0.05) is 35.1 Å². The Labute approximate surface area is 151 Å². The first-order chi connectivity index (χ1) is 11.8. The van der Waals surface area contributed by atoms with E-state index in [1.807, 2.05) is 12.1 Å². The zero-order chi connectivity index (χ0) is 18.0. The molecular formula is C16H15ClF3N3OS. The lowest BCUT2D eigenvalue weighted by atomic mass is 10.1. The number of piperazine rings is 1. The minimum absolute atomic E-state index is 0.00269. The van der Waals surface area contributed by atoms with Gasteiger partial charge in [0.25, 0.3) is 0 Å². The molecule has 0 bridgehead atoms. The number of anilines is 1. The van der Waals surface area contributed by atoms with Gasteiger partial charge in [0.15, 0.2) is 5.13 Å². The number of hydrogen-bond donors (Lipinski definition) is 0. The number of thiazole rings is 1. The van der Waals surface area contributed by atoms with Gasteiger partial charge in [-0.05, 0) is 17.7 Å². The summed E-state index contributed by atoms with van der Waals surface area (Å²) in [4.78, 5) is 19.0. The molecule has 0 aliphatic carbocycles. The minimum Gasteiger partial charge on any atom is -0.345 e. The van der Waals surface area contributed by atoms with E-state index in [9.17, 15) is 18.0 Å². The molecule has 1 aliphatic heterocycles. The predicted molar refractivity (Wildman–Crippen MR) is 91.1 cm³/mol. The lowest BCUT2D eigenvalue weighted by molar-refractivity contribution is -0.134. The van der Waals surface area contributed by atoms with Crippen LogP contribution in [0, 0.1) is 0 Å². The third-order valence-corrected chi connectivity index (χ3v) is 5.30. The summed E-state index contributed by atoms with van der Waals surface area (Å²) >= 11 is 6.46. The van der Waals surface area contributed by atoms with Gasteiger partial charge >= 0.3 is 6.18 Å². The highest BCUT2D eigenvalue weighted by Gasteiger charge is 2.34. The summed E-state index contributed by atoms with van der Waals surface area (Å²) in [7, 11) is 0. The van der Waals surface area contributed by atoms with Crippen molar-refractivity contribution in [2.75, 3.05) is 31.1 Å². The van der Waals surface area contributed by atoms with Crippen molar-refractivity contribution < 1.29 is 18.0 Å². The predicted octanol–water partition coefficient (Wildman–Crippen LogP) is 3.71. The SMILES string of the molecule is O=C(Cc1ccc(Cl)cc1)N1CCN(c2ncc(C(F)(F)F)s2)CC1. The molecule has 1 saturated heterocycles. The third kappa shape index (κ3) is 4.43. The zero-order valence-corrected chi connectivity index (χ0v) is 14.7. The summed E-state index contributed by atoms with van der Waals surface area (Å²) in [6.45, 7) is 1.87. The maximum atomic E-state index is 12.7. The van der Waals surface area contributed by atoms with Gasteiger partial charge in [-0.2, -0.15) is 13.2 Å². The number of carbonyl (C=O) groups is 1. The van der Waals surface area contributed by atoms with E-state index in [-0.39, 0.29) is 12.3 Å². The molecule has 134 valence electrons. The molecule has 2 heterocycles. The Hall–Kier alpha value is -1.80. The van der Waals surface area contributed by atoms with Gasteiger partial charge in [-0.25, -0.2) is 4.98 Å². The maximum Gasteiger partial charge on any atom is 0.427 e. The number of hydrogen-bond acceptors (Lipinski definition) is 4. The Bertz CT molecular complexity index is 740. The van der Waals surface area contributed by atoms with Crippen molar-refractivity contribution in [2.45, 2.75) is 12.6 Å². The number of aromatic nitrogens is 1. The van der Waals surface area contributed by atoms with Crippen LogP contribution in [0.25, 0.3) is 0 Å². The summed E-state index contributed by atoms with van der Waals surface area (Å²) in [5.41, 5.74) is 0.881. The first kappa shape index (κ1) is 18.0. The molecule has 1 amide bonds. The van der Waals surface area contributed by atoms with E-state index in [1.54, 1.807) is 21.9 Å². The van der Waals surface area contributed by atoms with Crippen LogP contribution in [-0.2, 0) is 17.4 Å². The smallest absolute Gasteiger partial charge is 0.345 e. The highest BCUT2D eigenvalue weighted by Crippen LogP contribution is 2.36. The van der Waals surface area contributed by atoms with E-state index in [2.05, 4.69) is 4.98 Å². The lowest BCUT2D eigenvalue weighted by Crippen LogP contribution is -2.49. The Morgan fingerprint density at radius 3 is 2.36 bits per heavy atom. The molecule has 1 aromatic heterocycles. The van der Waals surface area contributed by atoms with Crippen LogP contribution in [-0.4, -0.2) is 42.0 Å². The second kappa shape index (κ2) is 7.21. The Balaban J connectivity index is 1.55. The van der Waals surface area contributed by atoms with Crippen LogP contribution in [0.15, 0.2) is 30.5 Å². The van der Waals surface area contributed by atoms with Crippen LogP contribution in [0.1, 0.15) is 10.4 Å². The van der Waals surface area contributed by atoms with Gasteiger partial charge < -0.3 is 9.80 Å². The van der Waals surface area contributed by atoms with E-state index in [0.29, 0.717) is 47.7 Å². The Morgan fingerprint density at radius 2 is 1.80 bits per heavy atom. The van der Waals surface area contributed by atoms with E-state index >= 15 is 0 Å². The van der Waals surface area contributed by atoms with Gasteiger partial charge in [-0.15, -0.1) is 0 Å². The second-order valence-electron chi connectivity index (χ2n) is 5.68. The number of carbonyl (C=O) groups excluding carboxylic acids is 1. The van der Waals surface area contributed by atoms with Crippen molar-refractivity contribution in [1.82, 2.24) is 9.88 Å². The quantitative estimate of drug-likeness (QED) is 0.803. The second-order valence-corrected chi connectivity index (χ2v) is 7.12. The van der Waals surface area contributed by atoms with Gasteiger partial charge in [0.2, 0.25) is 5.91 Å². The number of benzene rings is 1. The molecule has 25 heavy (non-hydrogen) atoms. The van der Waals surface area contributed by atoms with Crippen LogP contribution in [0.2, 0.25) is 5.02 Å². The van der Waals surface area contributed by atoms with Crippen molar-refractivity contribution in [2.24, 2.45) is 0 Å². The maximum absolute atomic E-state index is 12.7. The van der Waals surface area contributed by atoms with Crippen molar-refractivity contribution in [3.63, 3.8) is 0 Å². The first-order valence-corrected chi connectivity index (χ1v) is 8.82. The molecular weight excluding hydrogens is 375 g/mol. The number of amides is 1. The van der Waals surface area contributed by atoms with Crippen LogP contribution < -0.4 is 4.90 Å². The van der Waals surface area contributed by atoms with Gasteiger partial charge in [0.05, 0.1) is 12.6 Å². The topological polar surface area (TPSA) is 36.4 Å². The molecule has 1 aliphatic rings. The highest BCUT2D eigenvalue weighted by atomic mass is 35.5. The fraction of sp³-hybridized carbons (Fsp3) is 0.375. The molecule has 3 rings (SSSR count). The van der Waals surface area contributed by atoms with Crippen molar-refractivity contribution in [3.8, 4) is 0 Å². The Morgan fingerprint density at radius 1 is 1.16 bits per heavy atom. The van der Waals surface area contributed by atoms with E-state index in [1.165, 1.54) is 0 Å². The van der Waals surface area contributed by atoms with Gasteiger partial charge in [0.1, 0.15) is 4.88 Å². The summed E-state index contributed by atoms with van der Waals surface area (Å²) < 4.78 is 38.0. The summed E-state index contributed by atoms with van der Waals surface area (Å²) in [6.07, 6.45) is -3.23. The van der Waals surface area contributed by atoms with Crippen molar-refractivity contribution in [3.05, 3.63) is 45.9 Å². The summed E-state index contributed by atoms with van der Waals surface area (Å²) in [6, 6.07) is 7.10. The van der Waals surface area contributed by atoms with Crippen molar-refractivity contribution >= 4 is 34.0 Å². The van der Waals surface area contributed by atoms with Crippen molar-refractivity contribution in [1.29, 1.82) is 0 Å². The number of rotatable bonds is 3. The number of nitrogens with zero attached hydrogens (tertiary/aromatic N) is 3. The lowest BCUT2D eigenvalue weighted by Gasteiger charge is -2.34. The van der Waals surface area contributed by atoms with Gasteiger partial charge in [-0.3, -0.25) is 4.79 Å². The average Bonchev–Trinajstić information content (AvgIpc) is 3.07. The van der Waals surface area contributed by atoms with E-state index < -0.39 is 11.1 Å². The normalized spacial score (nSPS) is 15.5. The van der Waals surface area contributed by atoms with Crippen LogP contribution >= 0.6 is 22.9 Å². The largest absolute Gasteiger partial charge is 0.427 e. The fourth-order valence-electron chi connectivity index (χ4n) is 2.58. The molecule has 0 atom stereocenters. The first-order valence-electron chi connectivity index (χ1n) is 7.63. The summed E-state index contributed by atoms with van der Waals surface area (Å²) in [5.74, 6) is -0.00269. The third-order valence-electron chi connectivity index (χ3n) is 3.94. The molecule has 0 radical (unpaired) electrons. The molecule has 0 N–H and O–H groups in total. The Kier molecular flexibility index (Phi) is 5.19. The highest BCUT2D eigenvalue weighted by molar-refractivity contribution is 7.15. The molecule has 2 aromatic rings. The molecule has 0 unspecified atom stereocenters. The minimum atomic E-state index is -4.37. The monoisotopic (exact) mass is 389 g/mol. The standard InChI is InChI=1S/C16H15ClF3N3OS/c17-12-3-1-11(2-4-12)9-14(24)22-5-7-23(8-6-22)15-21-10-13(25-15)16(18,19)20/h1-4,10H,5-9H2. The van der Waals surface area contributed by atoms with Crippen LogP contribution in [0.3, 0.4) is 0 Å². The van der Waals surface area contributed by atoms with Crippen LogP contribution in [0.4, 0.5) is 18.3 Å². The summed E-state index contributed by atoms with van der Waals surface area (Å²) in [5, 5.41) is 0.962. The number of halogens is 4. The molecule has 1 aromatic carbocycles. The molecule has 0 spiro atoms. The average molecular weight is 390 g/mol. The molecule has 0 saturated carbocycles. The number of alkyl halides is 3. The fourth-order valence-corrected chi connectivity index (χ4v) is 3.54. The zero-order valence-electron chi connectivity index (χ0n) is 13.1. The van der Waals surface area contributed by atoms with Crippen LogP contribution in [0.5, 0.6) is 0 Å². The van der Waals surface area contributed by atoms with E-state index in [4.69, 9.17) is 11.6 Å². The molecule has 1 fully saturated rings. The molecule has 9 heteroatoms. The molecule has 4 nitrogen and oxygen atoms in total. The van der Waals surface area contributed by atoms with Gasteiger partial charge in [0, 0.05) is 31.2 Å². The van der Waals surface area contributed by atoms with E-state index in [0.717, 1.165) is 11.8 Å².